The van der Waals surface area contributed by atoms with E-state index in [0.29, 0.717) is 6.54 Å². The number of para-hydroxylation sites is 1. The number of hydrogen-bond acceptors (Lipinski definition) is 2. The minimum absolute atomic E-state index is 0.211. The highest BCUT2D eigenvalue weighted by molar-refractivity contribution is 6.31. The highest BCUT2D eigenvalue weighted by Gasteiger charge is 2.16. The van der Waals surface area contributed by atoms with E-state index in [1.54, 1.807) is 0 Å². The minimum atomic E-state index is 0.211. The van der Waals surface area contributed by atoms with Crippen LogP contribution in [0.5, 0.6) is 0 Å². The lowest BCUT2D eigenvalue weighted by molar-refractivity contribution is 0.734. The van der Waals surface area contributed by atoms with Crippen molar-refractivity contribution in [2.45, 2.75) is 19.4 Å². The van der Waals surface area contributed by atoms with E-state index in [2.05, 4.69) is 49.2 Å². The molecule has 1 unspecified atom stereocenters. The molecule has 0 saturated heterocycles. The molecule has 2 aromatic rings. The Kier molecular flexibility index (Phi) is 5.05. The third kappa shape index (κ3) is 3.14. The molecule has 0 amide bonds. The number of nitrogens with two attached hydrogens (primary N) is 1. The van der Waals surface area contributed by atoms with Crippen LogP contribution in [-0.4, -0.2) is 13.6 Å². The van der Waals surface area contributed by atoms with Gasteiger partial charge in [-0.3, -0.25) is 0 Å². The molecular formula is C17H21ClN2. The summed E-state index contributed by atoms with van der Waals surface area (Å²) in [5.74, 6) is 0. The van der Waals surface area contributed by atoms with Crippen molar-refractivity contribution in [3.05, 3.63) is 64.7 Å². The zero-order valence-electron chi connectivity index (χ0n) is 12.0. The molecule has 2 rings (SSSR count). The molecule has 3 heteroatoms. The third-order valence-electron chi connectivity index (χ3n) is 3.72. The molecule has 0 radical (unpaired) electrons. The van der Waals surface area contributed by atoms with Crippen LogP contribution in [0.1, 0.15) is 24.1 Å². The van der Waals surface area contributed by atoms with E-state index in [-0.39, 0.29) is 6.04 Å². The van der Waals surface area contributed by atoms with E-state index in [9.17, 15) is 0 Å². The van der Waals surface area contributed by atoms with Crippen LogP contribution in [0.2, 0.25) is 5.02 Å². The van der Waals surface area contributed by atoms with Crippen LogP contribution < -0.4 is 10.6 Å². The van der Waals surface area contributed by atoms with Gasteiger partial charge >= 0.3 is 0 Å². The fourth-order valence-electron chi connectivity index (χ4n) is 2.45. The van der Waals surface area contributed by atoms with Gasteiger partial charge in [-0.25, -0.2) is 0 Å². The van der Waals surface area contributed by atoms with Crippen molar-refractivity contribution in [2.75, 3.05) is 18.5 Å². The summed E-state index contributed by atoms with van der Waals surface area (Å²) >= 11 is 6.30. The molecule has 0 aliphatic carbocycles. The van der Waals surface area contributed by atoms with Gasteiger partial charge in [-0.05, 0) is 43.1 Å². The average molecular weight is 289 g/mol. The first-order chi connectivity index (χ1) is 9.65. The molecule has 0 fully saturated rings. The lowest BCUT2D eigenvalue weighted by Gasteiger charge is -2.30. The van der Waals surface area contributed by atoms with Crippen molar-refractivity contribution < 1.29 is 0 Å². The van der Waals surface area contributed by atoms with Crippen molar-refractivity contribution in [2.24, 2.45) is 5.73 Å². The number of benzene rings is 2. The third-order valence-corrected chi connectivity index (χ3v) is 4.07. The Morgan fingerprint density at radius 3 is 2.45 bits per heavy atom. The summed E-state index contributed by atoms with van der Waals surface area (Å²) in [4.78, 5) is 2.26. The predicted octanol–water partition coefficient (Wildman–Crippen LogP) is 4.04. The van der Waals surface area contributed by atoms with Gasteiger partial charge in [0, 0.05) is 17.8 Å². The Hall–Kier alpha value is -1.51. The fourth-order valence-corrected chi connectivity index (χ4v) is 2.75. The molecule has 1 atom stereocenters. The van der Waals surface area contributed by atoms with Crippen molar-refractivity contribution in [3.8, 4) is 0 Å². The second-order valence-corrected chi connectivity index (χ2v) is 5.38. The molecule has 2 N–H and O–H groups in total. The van der Waals surface area contributed by atoms with Crippen LogP contribution >= 0.6 is 11.6 Å². The van der Waals surface area contributed by atoms with Gasteiger partial charge in [0.25, 0.3) is 0 Å². The normalized spacial score (nSPS) is 12.2. The maximum atomic E-state index is 6.30. The zero-order chi connectivity index (χ0) is 14.5. The lowest BCUT2D eigenvalue weighted by atomic mass is 10.0. The zero-order valence-corrected chi connectivity index (χ0v) is 12.8. The molecule has 2 aromatic carbocycles. The molecular weight excluding hydrogens is 268 g/mol. The van der Waals surface area contributed by atoms with Crippen molar-refractivity contribution in [1.29, 1.82) is 0 Å². The first-order valence-electron chi connectivity index (χ1n) is 6.90. The van der Waals surface area contributed by atoms with Crippen LogP contribution in [0.3, 0.4) is 0 Å². The van der Waals surface area contributed by atoms with Gasteiger partial charge < -0.3 is 10.6 Å². The molecule has 0 aliphatic heterocycles. The van der Waals surface area contributed by atoms with Gasteiger partial charge in [0.1, 0.15) is 0 Å². The van der Waals surface area contributed by atoms with Crippen LogP contribution in [0.25, 0.3) is 0 Å². The van der Waals surface area contributed by atoms with Crippen LogP contribution in [-0.2, 0) is 6.42 Å². The fraction of sp³-hybridized carbons (Fsp3) is 0.294. The number of anilines is 1. The summed E-state index contributed by atoms with van der Waals surface area (Å²) in [5.41, 5.74) is 9.33. The van der Waals surface area contributed by atoms with E-state index in [1.165, 1.54) is 11.3 Å². The van der Waals surface area contributed by atoms with Gasteiger partial charge in [0.2, 0.25) is 0 Å². The summed E-state index contributed by atoms with van der Waals surface area (Å²) in [6, 6.07) is 16.6. The largest absolute Gasteiger partial charge is 0.368 e. The van der Waals surface area contributed by atoms with Crippen molar-refractivity contribution in [3.63, 3.8) is 0 Å². The Morgan fingerprint density at radius 1 is 1.10 bits per heavy atom. The van der Waals surface area contributed by atoms with E-state index >= 15 is 0 Å². The van der Waals surface area contributed by atoms with Crippen LogP contribution in [0, 0.1) is 0 Å². The monoisotopic (exact) mass is 288 g/mol. The van der Waals surface area contributed by atoms with Gasteiger partial charge in [-0.1, -0.05) is 48.0 Å². The Balaban J connectivity index is 2.31. The predicted molar refractivity (Wildman–Crippen MR) is 87.5 cm³/mol. The second-order valence-electron chi connectivity index (χ2n) is 4.98. The molecule has 0 saturated carbocycles. The number of rotatable bonds is 5. The summed E-state index contributed by atoms with van der Waals surface area (Å²) in [7, 11) is 2.10. The highest BCUT2D eigenvalue weighted by Crippen LogP contribution is 2.31. The second kappa shape index (κ2) is 6.78. The number of nitrogens with zero attached hydrogens (tertiary/aromatic N) is 1. The molecule has 0 aliphatic rings. The Labute approximate surface area is 126 Å². The van der Waals surface area contributed by atoms with Crippen molar-refractivity contribution in [1.82, 2.24) is 0 Å². The number of hydrogen-bond donors (Lipinski definition) is 1. The lowest BCUT2D eigenvalue weighted by Crippen LogP contribution is -2.23. The van der Waals surface area contributed by atoms with Gasteiger partial charge in [0.05, 0.1) is 6.04 Å². The van der Waals surface area contributed by atoms with Crippen LogP contribution in [0.15, 0.2) is 48.5 Å². The van der Waals surface area contributed by atoms with E-state index in [4.69, 9.17) is 17.3 Å². The molecule has 20 heavy (non-hydrogen) atoms. The van der Waals surface area contributed by atoms with E-state index in [1.807, 2.05) is 18.2 Å². The summed E-state index contributed by atoms with van der Waals surface area (Å²) < 4.78 is 0. The topological polar surface area (TPSA) is 29.3 Å². The quantitative estimate of drug-likeness (QED) is 0.900. The summed E-state index contributed by atoms with van der Waals surface area (Å²) in [6.45, 7) is 2.83. The standard InChI is InChI=1S/C17H21ClN2/c1-13(15-8-4-5-9-16(15)18)20(2)17-10-6-3-7-14(17)11-12-19/h3-10,13H,11-12,19H2,1-2H3. The smallest absolute Gasteiger partial charge is 0.0525 e. The maximum absolute atomic E-state index is 6.30. The summed E-state index contributed by atoms with van der Waals surface area (Å²) in [5, 5.41) is 0.808. The molecule has 0 bridgehead atoms. The highest BCUT2D eigenvalue weighted by atomic mass is 35.5. The van der Waals surface area contributed by atoms with Crippen LogP contribution in [0.4, 0.5) is 5.69 Å². The first-order valence-corrected chi connectivity index (χ1v) is 7.28. The van der Waals surface area contributed by atoms with E-state index in [0.717, 1.165) is 17.0 Å². The minimum Gasteiger partial charge on any atom is -0.368 e. The summed E-state index contributed by atoms with van der Waals surface area (Å²) in [6.07, 6.45) is 0.885. The van der Waals surface area contributed by atoms with Gasteiger partial charge in [0.15, 0.2) is 0 Å². The molecule has 0 aromatic heterocycles. The molecule has 0 heterocycles. The molecule has 0 spiro atoms. The Bertz CT molecular complexity index is 568. The van der Waals surface area contributed by atoms with Gasteiger partial charge in [-0.15, -0.1) is 0 Å². The van der Waals surface area contributed by atoms with E-state index < -0.39 is 0 Å². The Morgan fingerprint density at radius 2 is 1.75 bits per heavy atom. The molecule has 106 valence electrons. The number of halogens is 1. The SMILES string of the molecule is CC(c1ccccc1Cl)N(C)c1ccccc1CCN. The molecule has 2 nitrogen and oxygen atoms in total. The van der Waals surface area contributed by atoms with Crippen molar-refractivity contribution >= 4 is 17.3 Å². The van der Waals surface area contributed by atoms with Gasteiger partial charge in [-0.2, -0.15) is 0 Å². The average Bonchev–Trinajstić information content (AvgIpc) is 2.47. The maximum Gasteiger partial charge on any atom is 0.0525 e. The first kappa shape index (κ1) is 14.9.